The topological polar surface area (TPSA) is 79.0 Å². The molecule has 3 aromatic rings. The third-order valence-electron chi connectivity index (χ3n) is 4.95. The van der Waals surface area contributed by atoms with Crippen LogP contribution in [0.5, 0.6) is 5.75 Å². The Labute approximate surface area is 151 Å². The van der Waals surface area contributed by atoms with Gasteiger partial charge in [0.1, 0.15) is 23.6 Å². The van der Waals surface area contributed by atoms with Crippen LogP contribution in [0.25, 0.3) is 22.3 Å². The summed E-state index contributed by atoms with van der Waals surface area (Å²) in [5.41, 5.74) is 2.66. The molecule has 0 radical (unpaired) electrons. The molecule has 1 saturated carbocycles. The summed E-state index contributed by atoms with van der Waals surface area (Å²) in [7, 11) is 0. The molecule has 7 heteroatoms. The summed E-state index contributed by atoms with van der Waals surface area (Å²) in [6.07, 6.45) is 4.30. The number of rotatable bonds is 4. The van der Waals surface area contributed by atoms with E-state index in [2.05, 4.69) is 43.4 Å². The van der Waals surface area contributed by atoms with E-state index in [4.69, 9.17) is 4.74 Å². The van der Waals surface area contributed by atoms with Gasteiger partial charge in [0.05, 0.1) is 17.3 Å². The molecule has 2 N–H and O–H groups in total. The van der Waals surface area contributed by atoms with Crippen molar-refractivity contribution in [3.63, 3.8) is 0 Å². The normalized spacial score (nSPS) is 20.5. The van der Waals surface area contributed by atoms with Gasteiger partial charge in [-0.3, -0.25) is 5.10 Å². The van der Waals surface area contributed by atoms with Crippen molar-refractivity contribution in [1.29, 1.82) is 0 Å². The van der Waals surface area contributed by atoms with E-state index in [1.54, 1.807) is 6.33 Å². The van der Waals surface area contributed by atoms with Crippen LogP contribution in [-0.4, -0.2) is 51.9 Å². The number of hydrogen-bond donors (Lipinski definition) is 2. The third kappa shape index (κ3) is 2.99. The van der Waals surface area contributed by atoms with Crippen molar-refractivity contribution in [1.82, 2.24) is 25.5 Å². The van der Waals surface area contributed by atoms with Gasteiger partial charge in [0.25, 0.3) is 0 Å². The molecule has 1 saturated heterocycles. The summed E-state index contributed by atoms with van der Waals surface area (Å²) < 4.78 is 5.93. The van der Waals surface area contributed by atoms with E-state index in [0.29, 0.717) is 12.1 Å². The zero-order valence-corrected chi connectivity index (χ0v) is 14.8. The smallest absolute Gasteiger partial charge is 0.132 e. The molecule has 7 nitrogen and oxygen atoms in total. The van der Waals surface area contributed by atoms with Crippen LogP contribution in [0.1, 0.15) is 19.8 Å². The Balaban J connectivity index is 1.49. The lowest BCUT2D eigenvalue weighted by molar-refractivity contribution is 0.303. The summed E-state index contributed by atoms with van der Waals surface area (Å²) in [6, 6.07) is 8.55. The number of aromatic amines is 1. The van der Waals surface area contributed by atoms with Crippen LogP contribution in [0.3, 0.4) is 0 Å². The molecule has 1 atom stereocenters. The molecule has 26 heavy (non-hydrogen) atoms. The molecule has 3 heterocycles. The van der Waals surface area contributed by atoms with Gasteiger partial charge in [-0.1, -0.05) is 0 Å². The molecule has 5 rings (SSSR count). The number of fused-ring (bicyclic) bond motifs is 1. The van der Waals surface area contributed by atoms with Crippen LogP contribution >= 0.6 is 0 Å². The van der Waals surface area contributed by atoms with Gasteiger partial charge in [0, 0.05) is 37.1 Å². The minimum Gasteiger partial charge on any atom is -0.490 e. The van der Waals surface area contributed by atoms with Crippen LogP contribution in [0, 0.1) is 0 Å². The number of piperazine rings is 1. The maximum atomic E-state index is 5.93. The van der Waals surface area contributed by atoms with Crippen LogP contribution < -0.4 is 15.0 Å². The molecule has 0 spiro atoms. The van der Waals surface area contributed by atoms with Gasteiger partial charge in [-0.25, -0.2) is 9.97 Å². The summed E-state index contributed by atoms with van der Waals surface area (Å²) in [6.45, 7) is 5.04. The first-order chi connectivity index (χ1) is 12.8. The summed E-state index contributed by atoms with van der Waals surface area (Å²) in [5.74, 6) is 1.85. The Morgan fingerprint density at radius 1 is 1.19 bits per heavy atom. The minimum atomic E-state index is 0.378. The van der Waals surface area contributed by atoms with E-state index in [9.17, 15) is 0 Å². The minimum absolute atomic E-state index is 0.378. The van der Waals surface area contributed by atoms with Crippen molar-refractivity contribution < 1.29 is 4.74 Å². The fourth-order valence-electron chi connectivity index (χ4n) is 3.43. The molecule has 0 unspecified atom stereocenters. The number of nitrogens with one attached hydrogen (secondary N) is 2. The standard InChI is InChI=1S/C19H22N6O/c1-12-10-25(7-6-20-12)18-9-17(21-11-22-18)19-15-8-14(26-13-2-3-13)4-5-16(15)23-24-19/h4-5,8-9,11-13,20H,2-3,6-7,10H2,1H3,(H,23,24)/t12-/m0/s1. The SMILES string of the molecule is C[C@H]1CN(c2cc(-c3n[nH]c4ccc(OC5CC5)cc34)ncn2)CCN1. The third-order valence-corrected chi connectivity index (χ3v) is 4.95. The highest BCUT2D eigenvalue weighted by Crippen LogP contribution is 2.32. The first-order valence-electron chi connectivity index (χ1n) is 9.22. The average molecular weight is 350 g/mol. The molecular formula is C19H22N6O. The predicted molar refractivity (Wildman–Crippen MR) is 100 cm³/mol. The van der Waals surface area contributed by atoms with E-state index >= 15 is 0 Å². The van der Waals surface area contributed by atoms with Crippen molar-refractivity contribution in [2.24, 2.45) is 0 Å². The first-order valence-corrected chi connectivity index (χ1v) is 9.22. The fraction of sp³-hybridized carbons (Fsp3) is 0.421. The van der Waals surface area contributed by atoms with Crippen molar-refractivity contribution in [2.45, 2.75) is 31.9 Å². The van der Waals surface area contributed by atoms with Gasteiger partial charge in [0.2, 0.25) is 0 Å². The van der Waals surface area contributed by atoms with Gasteiger partial charge in [-0.05, 0) is 38.0 Å². The molecule has 134 valence electrons. The van der Waals surface area contributed by atoms with Gasteiger partial charge >= 0.3 is 0 Å². The number of hydrogen-bond acceptors (Lipinski definition) is 6. The second-order valence-corrected chi connectivity index (χ2v) is 7.16. The molecule has 2 aliphatic rings. The number of ether oxygens (including phenoxy) is 1. The molecule has 0 bridgehead atoms. The highest BCUT2D eigenvalue weighted by molar-refractivity contribution is 5.93. The Kier molecular flexibility index (Phi) is 3.74. The van der Waals surface area contributed by atoms with Gasteiger partial charge < -0.3 is 15.0 Å². The van der Waals surface area contributed by atoms with Gasteiger partial charge in [0.15, 0.2) is 0 Å². The molecule has 2 aromatic heterocycles. The number of H-pyrrole nitrogens is 1. The molecule has 2 fully saturated rings. The summed E-state index contributed by atoms with van der Waals surface area (Å²) >= 11 is 0. The summed E-state index contributed by atoms with van der Waals surface area (Å²) in [4.78, 5) is 11.2. The lowest BCUT2D eigenvalue weighted by Gasteiger charge is -2.32. The van der Waals surface area contributed by atoms with Crippen LogP contribution in [0.4, 0.5) is 5.82 Å². The highest BCUT2D eigenvalue weighted by atomic mass is 16.5. The van der Waals surface area contributed by atoms with Crippen molar-refractivity contribution >= 4 is 16.7 Å². The Morgan fingerprint density at radius 2 is 2.12 bits per heavy atom. The molecule has 1 aliphatic carbocycles. The van der Waals surface area contributed by atoms with E-state index in [1.165, 1.54) is 0 Å². The zero-order chi connectivity index (χ0) is 17.5. The van der Waals surface area contributed by atoms with Crippen LogP contribution in [-0.2, 0) is 0 Å². The zero-order valence-electron chi connectivity index (χ0n) is 14.8. The number of benzene rings is 1. The Hall–Kier alpha value is -2.67. The van der Waals surface area contributed by atoms with Crippen LogP contribution in [0.15, 0.2) is 30.6 Å². The van der Waals surface area contributed by atoms with E-state index in [1.807, 2.05) is 18.2 Å². The quantitative estimate of drug-likeness (QED) is 0.752. The molecular weight excluding hydrogens is 328 g/mol. The van der Waals surface area contributed by atoms with Crippen molar-refractivity contribution in [2.75, 3.05) is 24.5 Å². The first kappa shape index (κ1) is 15.6. The van der Waals surface area contributed by atoms with E-state index < -0.39 is 0 Å². The van der Waals surface area contributed by atoms with E-state index in [-0.39, 0.29) is 0 Å². The monoisotopic (exact) mass is 350 g/mol. The van der Waals surface area contributed by atoms with Crippen molar-refractivity contribution in [3.05, 3.63) is 30.6 Å². The van der Waals surface area contributed by atoms with Gasteiger partial charge in [-0.15, -0.1) is 0 Å². The average Bonchev–Trinajstić information content (AvgIpc) is 3.38. The molecule has 0 amide bonds. The lowest BCUT2D eigenvalue weighted by atomic mass is 10.1. The van der Waals surface area contributed by atoms with E-state index in [0.717, 1.165) is 66.3 Å². The molecule has 1 aromatic carbocycles. The number of aromatic nitrogens is 4. The second kappa shape index (κ2) is 6.25. The molecule has 1 aliphatic heterocycles. The Bertz CT molecular complexity index is 935. The van der Waals surface area contributed by atoms with Crippen LogP contribution in [0.2, 0.25) is 0 Å². The Morgan fingerprint density at radius 3 is 2.96 bits per heavy atom. The highest BCUT2D eigenvalue weighted by Gasteiger charge is 2.24. The number of nitrogens with zero attached hydrogens (tertiary/aromatic N) is 4. The number of anilines is 1. The maximum absolute atomic E-state index is 5.93. The lowest BCUT2D eigenvalue weighted by Crippen LogP contribution is -2.49. The fourth-order valence-corrected chi connectivity index (χ4v) is 3.43. The second-order valence-electron chi connectivity index (χ2n) is 7.16. The largest absolute Gasteiger partial charge is 0.490 e. The summed E-state index contributed by atoms with van der Waals surface area (Å²) in [5, 5.41) is 12.1. The predicted octanol–water partition coefficient (Wildman–Crippen LogP) is 2.36. The maximum Gasteiger partial charge on any atom is 0.132 e. The van der Waals surface area contributed by atoms with Crippen molar-refractivity contribution in [3.8, 4) is 17.1 Å². The van der Waals surface area contributed by atoms with Gasteiger partial charge in [-0.2, -0.15) is 5.10 Å².